The number of carbonyl (C=O) groups excluding carboxylic acids is 1. The van der Waals surface area contributed by atoms with E-state index in [0.29, 0.717) is 5.92 Å². The van der Waals surface area contributed by atoms with E-state index in [-0.39, 0.29) is 36.1 Å². The molecule has 2 aliphatic heterocycles. The van der Waals surface area contributed by atoms with Crippen molar-refractivity contribution in [3.8, 4) is 6.07 Å². The van der Waals surface area contributed by atoms with Crippen LogP contribution < -0.4 is 16.1 Å². The fraction of sp³-hybridized carbons (Fsp3) is 0.565. The maximum atomic E-state index is 13.1. The smallest absolute Gasteiger partial charge is 0.230 e. The molecule has 4 unspecified atom stereocenters. The second kappa shape index (κ2) is 8.09. The summed E-state index contributed by atoms with van der Waals surface area (Å²) in [6, 6.07) is 3.36. The van der Waals surface area contributed by atoms with E-state index in [1.807, 2.05) is 30.4 Å². The van der Waals surface area contributed by atoms with Crippen LogP contribution in [0.15, 0.2) is 30.9 Å². The zero-order chi connectivity index (χ0) is 22.5. The maximum Gasteiger partial charge on any atom is 0.230 e. The molecule has 1 amide bonds. The Balaban J connectivity index is 1.23. The summed E-state index contributed by atoms with van der Waals surface area (Å²) < 4.78 is 0. The Bertz CT molecular complexity index is 1070. The summed E-state index contributed by atoms with van der Waals surface area (Å²) in [5, 5.41) is 18.5. The summed E-state index contributed by atoms with van der Waals surface area (Å²) in [7, 11) is 0. The zero-order valence-electron chi connectivity index (χ0n) is 18.4. The first kappa shape index (κ1) is 20.6. The van der Waals surface area contributed by atoms with Crippen LogP contribution in [0.3, 0.4) is 0 Å². The quantitative estimate of drug-likeness (QED) is 0.619. The third-order valence-corrected chi connectivity index (χ3v) is 7.58. The first-order valence-electron chi connectivity index (χ1n) is 11.7. The Morgan fingerprint density at radius 1 is 1.09 bits per heavy atom. The molecule has 4 heterocycles. The number of nitrogens with one attached hydrogen (secondary N) is 3. The van der Waals surface area contributed by atoms with Crippen molar-refractivity contribution in [1.29, 1.82) is 5.26 Å². The minimum Gasteiger partial charge on any atom is -0.340 e. The second-order valence-electron chi connectivity index (χ2n) is 9.55. The molecule has 4 fully saturated rings. The molecule has 2 aromatic heterocycles. The van der Waals surface area contributed by atoms with Crippen LogP contribution in [0.2, 0.25) is 0 Å². The molecule has 0 bridgehead atoms. The van der Waals surface area contributed by atoms with Gasteiger partial charge in [-0.05, 0) is 38.7 Å². The molecule has 170 valence electrons. The Morgan fingerprint density at radius 2 is 1.85 bits per heavy atom. The first-order chi connectivity index (χ1) is 16.1. The monoisotopic (exact) mass is 445 g/mol. The van der Waals surface area contributed by atoms with Crippen molar-refractivity contribution in [3.63, 3.8) is 0 Å². The third kappa shape index (κ3) is 3.57. The lowest BCUT2D eigenvalue weighted by Crippen LogP contribution is -2.68. The minimum atomic E-state index is -0.604. The number of hydrogen-bond donors (Lipinski definition) is 3. The predicted molar refractivity (Wildman–Crippen MR) is 117 cm³/mol. The highest BCUT2D eigenvalue weighted by molar-refractivity contribution is 5.82. The number of rotatable bonds is 5. The van der Waals surface area contributed by atoms with Crippen LogP contribution in [0.1, 0.15) is 67.7 Å². The summed E-state index contributed by atoms with van der Waals surface area (Å²) >= 11 is 0. The van der Waals surface area contributed by atoms with Gasteiger partial charge in [-0.2, -0.15) is 5.26 Å². The minimum absolute atomic E-state index is 0.0996. The van der Waals surface area contributed by atoms with E-state index in [1.54, 1.807) is 12.4 Å². The fourth-order valence-corrected chi connectivity index (χ4v) is 5.35. The number of amides is 1. The number of hydrazine groups is 1. The van der Waals surface area contributed by atoms with E-state index in [0.717, 1.165) is 42.9 Å². The summed E-state index contributed by atoms with van der Waals surface area (Å²) in [6.45, 7) is 2.05. The van der Waals surface area contributed by atoms with E-state index >= 15 is 0 Å². The molecular formula is C23H27N9O. The van der Waals surface area contributed by atoms with Crippen molar-refractivity contribution in [3.05, 3.63) is 48.1 Å². The van der Waals surface area contributed by atoms with Gasteiger partial charge in [0.15, 0.2) is 0 Å². The van der Waals surface area contributed by atoms with Gasteiger partial charge in [0.1, 0.15) is 17.7 Å². The van der Waals surface area contributed by atoms with Crippen molar-refractivity contribution in [2.24, 2.45) is 11.8 Å². The summed E-state index contributed by atoms with van der Waals surface area (Å²) in [5.41, 5.74) is 4.22. The normalized spacial score (nSPS) is 34.6. The molecular weight excluding hydrogens is 418 g/mol. The molecule has 0 spiro atoms. The van der Waals surface area contributed by atoms with Gasteiger partial charge in [0, 0.05) is 48.1 Å². The van der Waals surface area contributed by atoms with Gasteiger partial charge in [0.2, 0.25) is 5.91 Å². The van der Waals surface area contributed by atoms with E-state index < -0.39 is 12.0 Å². The average Bonchev–Trinajstić information content (AvgIpc) is 3.59. The van der Waals surface area contributed by atoms with E-state index in [1.165, 1.54) is 0 Å². The van der Waals surface area contributed by atoms with Crippen LogP contribution in [0.25, 0.3) is 0 Å². The molecule has 33 heavy (non-hydrogen) atoms. The molecule has 2 aromatic rings. The lowest BCUT2D eigenvalue weighted by Gasteiger charge is -2.47. The standard InChI is InChI=1S/C23H27N9O/c1-12(14-10-27-19(28-11-14)13-3-4-13)32-22-18(17(9-24)31-32)23(33)30-21(29-22)16-6-5-15(16)20-25-7-2-8-26-20/h2,7-8,10-13,15-18,21-22,29,31H,3-6H2,1H3,(H,30,33)/t12-,15-,16+,17?,18?,21?,22?/m0/s1. The second-order valence-corrected chi connectivity index (χ2v) is 9.55. The number of nitrogens with zero attached hydrogens (tertiary/aromatic N) is 6. The predicted octanol–water partition coefficient (Wildman–Crippen LogP) is 1.10. The first-order valence-corrected chi connectivity index (χ1v) is 11.7. The lowest BCUT2D eigenvalue weighted by molar-refractivity contribution is -0.132. The van der Waals surface area contributed by atoms with Crippen molar-refractivity contribution in [1.82, 2.24) is 41.0 Å². The molecule has 2 aliphatic carbocycles. The molecule has 7 atom stereocenters. The number of carbonyl (C=O) groups is 1. The van der Waals surface area contributed by atoms with E-state index in [2.05, 4.69) is 42.1 Å². The SMILES string of the molecule is C[C@@H](c1cnc(C2CC2)nc1)N1NC(C#N)C2C(=O)NC([C@@H]3CC[C@@H]3c3ncccn3)NC21. The topological polar surface area (TPSA) is 132 Å². The van der Waals surface area contributed by atoms with Gasteiger partial charge in [0.25, 0.3) is 0 Å². The Hall–Kier alpha value is -3.00. The van der Waals surface area contributed by atoms with Gasteiger partial charge in [-0.3, -0.25) is 10.1 Å². The summed E-state index contributed by atoms with van der Waals surface area (Å²) in [4.78, 5) is 31.1. The Labute approximate surface area is 192 Å². The lowest BCUT2D eigenvalue weighted by atomic mass is 9.70. The third-order valence-electron chi connectivity index (χ3n) is 7.58. The summed E-state index contributed by atoms with van der Waals surface area (Å²) in [5.74, 6) is 2.03. The largest absolute Gasteiger partial charge is 0.340 e. The van der Waals surface area contributed by atoms with Gasteiger partial charge in [-0.1, -0.05) is 0 Å². The molecule has 6 rings (SSSR count). The molecule has 2 saturated heterocycles. The van der Waals surface area contributed by atoms with Crippen LogP contribution in [-0.4, -0.2) is 49.2 Å². The molecule has 0 aromatic carbocycles. The van der Waals surface area contributed by atoms with Gasteiger partial charge >= 0.3 is 0 Å². The molecule has 3 N–H and O–H groups in total. The van der Waals surface area contributed by atoms with E-state index in [4.69, 9.17) is 0 Å². The van der Waals surface area contributed by atoms with Crippen LogP contribution in [0.4, 0.5) is 0 Å². The van der Waals surface area contributed by atoms with Crippen LogP contribution in [0.5, 0.6) is 0 Å². The number of nitriles is 1. The average molecular weight is 446 g/mol. The molecule has 10 nitrogen and oxygen atoms in total. The van der Waals surface area contributed by atoms with Crippen LogP contribution in [-0.2, 0) is 4.79 Å². The molecule has 2 saturated carbocycles. The molecule has 4 aliphatic rings. The Kier molecular flexibility index (Phi) is 5.05. The van der Waals surface area contributed by atoms with E-state index in [9.17, 15) is 10.1 Å². The zero-order valence-corrected chi connectivity index (χ0v) is 18.4. The molecule has 10 heteroatoms. The van der Waals surface area contributed by atoms with Gasteiger partial charge in [-0.25, -0.2) is 30.4 Å². The van der Waals surface area contributed by atoms with Gasteiger partial charge in [-0.15, -0.1) is 0 Å². The van der Waals surface area contributed by atoms with Crippen LogP contribution in [0, 0.1) is 23.2 Å². The van der Waals surface area contributed by atoms with Crippen molar-refractivity contribution in [2.75, 3.05) is 0 Å². The highest BCUT2D eigenvalue weighted by atomic mass is 16.2. The van der Waals surface area contributed by atoms with Gasteiger partial charge < -0.3 is 5.32 Å². The highest BCUT2D eigenvalue weighted by Gasteiger charge is 2.54. The van der Waals surface area contributed by atoms with Crippen LogP contribution >= 0.6 is 0 Å². The highest BCUT2D eigenvalue weighted by Crippen LogP contribution is 2.44. The van der Waals surface area contributed by atoms with Crippen molar-refractivity contribution in [2.45, 2.75) is 68.9 Å². The van der Waals surface area contributed by atoms with Crippen molar-refractivity contribution < 1.29 is 4.79 Å². The van der Waals surface area contributed by atoms with Crippen molar-refractivity contribution >= 4 is 5.91 Å². The fourth-order valence-electron chi connectivity index (χ4n) is 5.35. The number of fused-ring (bicyclic) bond motifs is 1. The maximum absolute atomic E-state index is 13.1. The summed E-state index contributed by atoms with van der Waals surface area (Å²) in [6.07, 6.45) is 11.1. The number of hydrogen-bond acceptors (Lipinski definition) is 9. The van der Waals surface area contributed by atoms with Gasteiger partial charge in [0.05, 0.1) is 30.4 Å². The Morgan fingerprint density at radius 3 is 2.48 bits per heavy atom. The number of aromatic nitrogens is 4. The molecule has 0 radical (unpaired) electrons.